The van der Waals surface area contributed by atoms with E-state index in [0.29, 0.717) is 6.42 Å². The number of ether oxygens (including phenoxy) is 1. The van der Waals surface area contributed by atoms with Gasteiger partial charge in [0.15, 0.2) is 11.6 Å². The molecule has 0 heterocycles. The summed E-state index contributed by atoms with van der Waals surface area (Å²) in [5.74, 6) is -1.12. The molecule has 4 rings (SSSR count). The van der Waals surface area contributed by atoms with Crippen molar-refractivity contribution in [2.75, 3.05) is 7.11 Å². The number of hydrogen-bond acceptors (Lipinski definition) is 1. The highest BCUT2D eigenvalue weighted by atomic mass is 19.2. The average molecular weight is 443 g/mol. The summed E-state index contributed by atoms with van der Waals surface area (Å²) in [7, 11) is 1.28. The van der Waals surface area contributed by atoms with E-state index in [1.54, 1.807) is 6.07 Å². The lowest BCUT2D eigenvalue weighted by molar-refractivity contribution is 0.252. The second-order valence-corrected chi connectivity index (χ2v) is 9.50. The number of methoxy groups -OCH3 is 1. The van der Waals surface area contributed by atoms with Crippen LogP contribution < -0.4 is 4.74 Å². The third-order valence-corrected chi connectivity index (χ3v) is 7.41. The maximum atomic E-state index is 14.9. The summed E-state index contributed by atoms with van der Waals surface area (Å²) in [6.07, 6.45) is 14.1. The van der Waals surface area contributed by atoms with Gasteiger partial charge in [0.2, 0.25) is 5.82 Å². The van der Waals surface area contributed by atoms with Crippen LogP contribution in [0.4, 0.5) is 13.2 Å². The number of hydrogen-bond donors (Lipinski definition) is 0. The van der Waals surface area contributed by atoms with Crippen LogP contribution in [0.3, 0.4) is 0 Å². The lowest BCUT2D eigenvalue weighted by Crippen LogP contribution is -2.15. The van der Waals surface area contributed by atoms with E-state index >= 15 is 0 Å². The zero-order valence-corrected chi connectivity index (χ0v) is 19.2. The SMILES string of the molecule is CCCC1CCC(CCC2=CCc3cc(-c4ccc(OC)c(F)c4F)c(F)cc3C2)CC1. The number of fused-ring (bicyclic) bond motifs is 1. The molecule has 2 aromatic rings. The van der Waals surface area contributed by atoms with Gasteiger partial charge in [-0.05, 0) is 72.9 Å². The standard InChI is InChI=1S/C28H33F3O/c1-3-4-18-5-7-19(8-6-18)9-10-20-11-12-21-16-24(25(29)17-22(21)15-20)23-13-14-26(32-2)28(31)27(23)30/h11,13-14,16-19H,3-10,12,15H2,1-2H3. The van der Waals surface area contributed by atoms with Crippen LogP contribution in [0, 0.1) is 29.3 Å². The zero-order valence-electron chi connectivity index (χ0n) is 19.2. The third kappa shape index (κ3) is 4.89. The van der Waals surface area contributed by atoms with E-state index in [9.17, 15) is 13.2 Å². The molecule has 2 aliphatic rings. The highest BCUT2D eigenvalue weighted by molar-refractivity contribution is 5.68. The van der Waals surface area contributed by atoms with Crippen LogP contribution >= 0.6 is 0 Å². The quantitative estimate of drug-likeness (QED) is 0.393. The highest BCUT2D eigenvalue weighted by Gasteiger charge is 2.23. The predicted octanol–water partition coefficient (Wildman–Crippen LogP) is 8.19. The topological polar surface area (TPSA) is 9.23 Å². The average Bonchev–Trinajstić information content (AvgIpc) is 2.80. The molecule has 0 aromatic heterocycles. The fourth-order valence-electron chi connectivity index (χ4n) is 5.49. The molecule has 0 N–H and O–H groups in total. The zero-order chi connectivity index (χ0) is 22.7. The van der Waals surface area contributed by atoms with Gasteiger partial charge in [-0.15, -0.1) is 0 Å². The molecule has 2 aromatic carbocycles. The summed E-state index contributed by atoms with van der Waals surface area (Å²) in [6, 6.07) is 5.90. The Kier molecular flexibility index (Phi) is 7.27. The Hall–Kier alpha value is -2.23. The molecule has 0 saturated heterocycles. The van der Waals surface area contributed by atoms with E-state index in [2.05, 4.69) is 13.0 Å². The first-order valence-corrected chi connectivity index (χ1v) is 12.0. The van der Waals surface area contributed by atoms with Crippen molar-refractivity contribution in [2.24, 2.45) is 11.8 Å². The molecule has 0 atom stereocenters. The maximum absolute atomic E-state index is 14.9. The molecular formula is C28H33F3O. The summed E-state index contributed by atoms with van der Waals surface area (Å²) in [5.41, 5.74) is 3.35. The molecule has 0 amide bonds. The molecule has 0 unspecified atom stereocenters. The van der Waals surface area contributed by atoms with Crippen LogP contribution in [-0.4, -0.2) is 7.11 Å². The Labute approximate surface area is 189 Å². The minimum atomic E-state index is -1.09. The molecule has 172 valence electrons. The predicted molar refractivity (Wildman–Crippen MR) is 123 cm³/mol. The van der Waals surface area contributed by atoms with Gasteiger partial charge in [0, 0.05) is 11.1 Å². The van der Waals surface area contributed by atoms with Crippen molar-refractivity contribution in [1.29, 1.82) is 0 Å². The van der Waals surface area contributed by atoms with E-state index in [4.69, 9.17) is 4.74 Å². The Balaban J connectivity index is 1.42. The molecule has 1 nitrogen and oxygen atoms in total. The summed E-state index contributed by atoms with van der Waals surface area (Å²) >= 11 is 0. The van der Waals surface area contributed by atoms with Gasteiger partial charge in [0.25, 0.3) is 0 Å². The van der Waals surface area contributed by atoms with Gasteiger partial charge < -0.3 is 4.74 Å². The van der Waals surface area contributed by atoms with E-state index < -0.39 is 17.5 Å². The Morgan fingerprint density at radius 1 is 0.875 bits per heavy atom. The van der Waals surface area contributed by atoms with Crippen LogP contribution in [0.5, 0.6) is 5.75 Å². The molecule has 0 bridgehead atoms. The molecule has 0 radical (unpaired) electrons. The largest absolute Gasteiger partial charge is 0.494 e. The van der Waals surface area contributed by atoms with Gasteiger partial charge >= 0.3 is 0 Å². The molecule has 2 aliphatic carbocycles. The van der Waals surface area contributed by atoms with E-state index in [1.165, 1.54) is 75.8 Å². The van der Waals surface area contributed by atoms with Crippen molar-refractivity contribution >= 4 is 0 Å². The van der Waals surface area contributed by atoms with Crippen molar-refractivity contribution in [3.05, 3.63) is 64.5 Å². The van der Waals surface area contributed by atoms with Gasteiger partial charge in [-0.3, -0.25) is 0 Å². The molecule has 0 aliphatic heterocycles. The summed E-state index contributed by atoms with van der Waals surface area (Å²) in [5, 5.41) is 0. The van der Waals surface area contributed by atoms with Crippen LogP contribution in [0.25, 0.3) is 11.1 Å². The Bertz CT molecular complexity index is 987. The lowest BCUT2D eigenvalue weighted by Gasteiger charge is -2.29. The van der Waals surface area contributed by atoms with Crippen LogP contribution in [0.15, 0.2) is 35.9 Å². The van der Waals surface area contributed by atoms with E-state index in [-0.39, 0.29) is 16.9 Å². The summed E-state index contributed by atoms with van der Waals surface area (Å²) in [6.45, 7) is 2.27. The number of benzene rings is 2. The molecule has 1 saturated carbocycles. The molecule has 4 heteroatoms. The fraction of sp³-hybridized carbons (Fsp3) is 0.500. The van der Waals surface area contributed by atoms with Crippen molar-refractivity contribution in [3.63, 3.8) is 0 Å². The normalized spacial score (nSPS) is 20.6. The monoisotopic (exact) mass is 442 g/mol. The first kappa shape index (κ1) is 22.9. The van der Waals surface area contributed by atoms with Crippen LogP contribution in [-0.2, 0) is 12.8 Å². The maximum Gasteiger partial charge on any atom is 0.201 e. The molecule has 1 fully saturated rings. The minimum Gasteiger partial charge on any atom is -0.494 e. The Morgan fingerprint density at radius 3 is 2.28 bits per heavy atom. The van der Waals surface area contributed by atoms with Gasteiger partial charge in [0.05, 0.1) is 7.11 Å². The van der Waals surface area contributed by atoms with Crippen molar-refractivity contribution in [3.8, 4) is 16.9 Å². The van der Waals surface area contributed by atoms with E-state index in [1.807, 2.05) is 0 Å². The van der Waals surface area contributed by atoms with Crippen molar-refractivity contribution < 1.29 is 17.9 Å². The third-order valence-electron chi connectivity index (χ3n) is 7.41. The molecular weight excluding hydrogens is 409 g/mol. The van der Waals surface area contributed by atoms with Gasteiger partial charge in [-0.1, -0.05) is 57.1 Å². The Morgan fingerprint density at radius 2 is 1.59 bits per heavy atom. The summed E-state index contributed by atoms with van der Waals surface area (Å²) in [4.78, 5) is 0. The van der Waals surface area contributed by atoms with Gasteiger partial charge in [-0.2, -0.15) is 4.39 Å². The molecule has 0 spiro atoms. The number of halogens is 3. The van der Waals surface area contributed by atoms with Crippen LogP contribution in [0.2, 0.25) is 0 Å². The summed E-state index contributed by atoms with van der Waals surface area (Å²) < 4.78 is 48.4. The first-order valence-electron chi connectivity index (χ1n) is 12.0. The lowest BCUT2D eigenvalue weighted by atomic mass is 9.77. The van der Waals surface area contributed by atoms with Gasteiger partial charge in [0.1, 0.15) is 5.82 Å². The van der Waals surface area contributed by atoms with Crippen LogP contribution in [0.1, 0.15) is 69.4 Å². The van der Waals surface area contributed by atoms with Crippen molar-refractivity contribution in [1.82, 2.24) is 0 Å². The highest BCUT2D eigenvalue weighted by Crippen LogP contribution is 2.37. The fourth-order valence-corrected chi connectivity index (χ4v) is 5.49. The minimum absolute atomic E-state index is 0.0722. The van der Waals surface area contributed by atoms with E-state index in [0.717, 1.165) is 35.8 Å². The molecule has 32 heavy (non-hydrogen) atoms. The second kappa shape index (κ2) is 10.1. The second-order valence-electron chi connectivity index (χ2n) is 9.50. The number of rotatable bonds is 7. The first-order chi connectivity index (χ1) is 15.5. The smallest absolute Gasteiger partial charge is 0.201 e. The van der Waals surface area contributed by atoms with Gasteiger partial charge in [-0.25, -0.2) is 8.78 Å². The van der Waals surface area contributed by atoms with Crippen molar-refractivity contribution in [2.45, 2.75) is 71.1 Å². The number of allylic oxidation sites excluding steroid dienone is 2.